The van der Waals surface area contributed by atoms with E-state index in [0.717, 1.165) is 62.5 Å². The van der Waals surface area contributed by atoms with Crippen molar-refractivity contribution in [3.8, 4) is 11.5 Å². The lowest BCUT2D eigenvalue weighted by atomic mass is 9.59. The highest BCUT2D eigenvalue weighted by Crippen LogP contribution is 2.54. The van der Waals surface area contributed by atoms with Crippen molar-refractivity contribution in [1.82, 2.24) is 19.6 Å². The Bertz CT molecular complexity index is 2640. The zero-order chi connectivity index (χ0) is 44.8. The Kier molecular flexibility index (Phi) is 11.9. The normalized spacial score (nSPS) is 22.7. The second-order valence-electron chi connectivity index (χ2n) is 19.3. The van der Waals surface area contributed by atoms with Crippen LogP contribution in [0.4, 0.5) is 17.1 Å². The number of anilines is 2. The summed E-state index contributed by atoms with van der Waals surface area (Å²) in [4.78, 5) is 37.7. The van der Waals surface area contributed by atoms with E-state index < -0.39 is 37.0 Å². The lowest BCUT2D eigenvalue weighted by molar-refractivity contribution is -0.384. The van der Waals surface area contributed by atoms with E-state index in [1.54, 1.807) is 30.6 Å². The first-order chi connectivity index (χ1) is 30.7. The Morgan fingerprint density at radius 2 is 1.77 bits per heavy atom. The van der Waals surface area contributed by atoms with Gasteiger partial charge in [-0.1, -0.05) is 38.1 Å². The number of nitrogens with zero attached hydrogens (tertiary/aromatic N) is 4. The largest absolute Gasteiger partial charge is 0.455 e. The lowest BCUT2D eigenvalue weighted by Gasteiger charge is -2.56. The van der Waals surface area contributed by atoms with Crippen molar-refractivity contribution >= 4 is 44.0 Å². The molecule has 0 unspecified atom stereocenters. The quantitative estimate of drug-likeness (QED) is 0.0653. The third-order valence-electron chi connectivity index (χ3n) is 14.5. The summed E-state index contributed by atoms with van der Waals surface area (Å²) in [5, 5.41) is 26.4. The Morgan fingerprint density at radius 1 is 1.00 bits per heavy atom. The minimum absolute atomic E-state index is 0.0183. The number of nitro groups is 1. The van der Waals surface area contributed by atoms with E-state index in [0.29, 0.717) is 54.2 Å². The number of likely N-dealkylation sites (tertiary alicyclic amines) is 1. The van der Waals surface area contributed by atoms with Gasteiger partial charge in [0.1, 0.15) is 22.8 Å². The van der Waals surface area contributed by atoms with Gasteiger partial charge in [0.05, 0.1) is 27.2 Å². The fraction of sp³-hybridized carbons (Fsp3) is 0.469. The SMILES string of the molecule is CC(C)c1ccccc1[C@@H]1CCCN1C1CC2(CCN(c3ccc(C(=O)NS(=O)(=O)c4ccc(NC[C@H]5CC[C@](C)(O)CC5)c([N+](=O)[O-])c4)c(Oc4cnc5[nH]ccc5c4)c3)CC2)C1. The number of nitro benzene ring substituents is 1. The first kappa shape index (κ1) is 43.7. The number of aliphatic hydroxyl groups is 1. The molecule has 2 saturated carbocycles. The van der Waals surface area contributed by atoms with Gasteiger partial charge in [-0.2, -0.15) is 0 Å². The number of amides is 1. The zero-order valence-electron chi connectivity index (χ0n) is 36.9. The maximum absolute atomic E-state index is 14.0. The predicted molar refractivity (Wildman–Crippen MR) is 248 cm³/mol. The van der Waals surface area contributed by atoms with Crippen LogP contribution in [-0.2, 0) is 10.0 Å². The van der Waals surface area contributed by atoms with Crippen LogP contribution in [0.15, 0.2) is 90.1 Å². The molecule has 4 fully saturated rings. The molecule has 0 radical (unpaired) electrons. The standard InChI is InChI=1S/C49H59N7O7S/c1-32(2)39-7-4-5-8-40(39)43-9-6-22-55(43)36-28-49(29-36)19-23-54(24-20-49)35-10-12-41(45(26-35)63-37-25-34-16-21-50-46(34)52-31-37)47(57)53-64(61,62)38-11-13-42(44(27-38)56(59)60)51-30-33-14-17-48(3,58)18-15-33/h4-5,7-8,10-13,16,21,25-27,31-33,36,43,51,58H,6,9,14-15,17-20,22-24,28-30H2,1-3H3,(H,50,52)(H,53,57)/t33-,43-,48-/m0/s1. The molecule has 4 N–H and O–H groups in total. The molecular formula is C49H59N7O7S. The lowest BCUT2D eigenvalue weighted by Crippen LogP contribution is -2.54. The second kappa shape index (κ2) is 17.5. The number of sulfonamides is 1. The van der Waals surface area contributed by atoms with Crippen molar-refractivity contribution in [1.29, 1.82) is 0 Å². The Labute approximate surface area is 375 Å². The molecule has 2 aliphatic heterocycles. The van der Waals surface area contributed by atoms with Gasteiger partial charge in [-0.25, -0.2) is 18.1 Å². The number of nitrogens with one attached hydrogen (secondary N) is 3. The van der Waals surface area contributed by atoms with Gasteiger partial charge < -0.3 is 25.0 Å². The topological polar surface area (TPSA) is 183 Å². The predicted octanol–water partition coefficient (Wildman–Crippen LogP) is 9.44. The van der Waals surface area contributed by atoms with Crippen molar-refractivity contribution in [3.05, 3.63) is 112 Å². The fourth-order valence-corrected chi connectivity index (χ4v) is 11.8. The monoisotopic (exact) mass is 889 g/mol. The number of rotatable bonds is 13. The maximum Gasteiger partial charge on any atom is 0.293 e. The molecule has 4 aliphatic rings. The van der Waals surface area contributed by atoms with Crippen molar-refractivity contribution < 1.29 is 28.0 Å². The highest BCUT2D eigenvalue weighted by Gasteiger charge is 2.50. The molecule has 338 valence electrons. The van der Waals surface area contributed by atoms with Crippen LogP contribution in [0.2, 0.25) is 0 Å². The van der Waals surface area contributed by atoms with Crippen LogP contribution in [0.25, 0.3) is 11.0 Å². The molecule has 2 saturated heterocycles. The number of carbonyl (C=O) groups is 1. The summed E-state index contributed by atoms with van der Waals surface area (Å²) in [6.07, 6.45) is 13.1. The van der Waals surface area contributed by atoms with Crippen LogP contribution in [-0.4, -0.2) is 77.0 Å². The number of hydrogen-bond donors (Lipinski definition) is 4. The van der Waals surface area contributed by atoms with Crippen molar-refractivity contribution in [2.75, 3.05) is 36.4 Å². The molecule has 3 aromatic carbocycles. The molecule has 1 spiro atoms. The molecular weight excluding hydrogens is 831 g/mol. The number of benzene rings is 3. The average molecular weight is 890 g/mol. The highest BCUT2D eigenvalue weighted by molar-refractivity contribution is 7.90. The molecule has 14 nitrogen and oxygen atoms in total. The third-order valence-corrected chi connectivity index (χ3v) is 15.9. The van der Waals surface area contributed by atoms with Crippen LogP contribution in [0.5, 0.6) is 11.5 Å². The van der Waals surface area contributed by atoms with Gasteiger partial charge in [0.25, 0.3) is 21.6 Å². The molecule has 2 aliphatic carbocycles. The Balaban J connectivity index is 0.895. The van der Waals surface area contributed by atoms with E-state index >= 15 is 0 Å². The number of piperidine rings is 1. The summed E-state index contributed by atoms with van der Waals surface area (Å²) in [7, 11) is -4.56. The summed E-state index contributed by atoms with van der Waals surface area (Å²) < 4.78 is 36.0. The van der Waals surface area contributed by atoms with Gasteiger partial charge in [-0.3, -0.25) is 19.8 Å². The molecule has 9 rings (SSSR count). The van der Waals surface area contributed by atoms with Gasteiger partial charge in [0.2, 0.25) is 0 Å². The van der Waals surface area contributed by atoms with Crippen LogP contribution >= 0.6 is 0 Å². The number of hydrogen-bond acceptors (Lipinski definition) is 11. The van der Waals surface area contributed by atoms with Crippen molar-refractivity contribution in [3.63, 3.8) is 0 Å². The zero-order valence-corrected chi connectivity index (χ0v) is 37.7. The van der Waals surface area contributed by atoms with Gasteiger partial charge in [-0.15, -0.1) is 0 Å². The third kappa shape index (κ3) is 9.07. The van der Waals surface area contributed by atoms with Crippen molar-refractivity contribution in [2.45, 2.75) is 113 Å². The van der Waals surface area contributed by atoms with Crippen molar-refractivity contribution in [2.24, 2.45) is 11.3 Å². The summed E-state index contributed by atoms with van der Waals surface area (Å²) in [6, 6.07) is 22.4. The smallest absolute Gasteiger partial charge is 0.293 e. The molecule has 64 heavy (non-hydrogen) atoms. The number of H-pyrrole nitrogens is 1. The average Bonchev–Trinajstić information content (AvgIpc) is 3.95. The van der Waals surface area contributed by atoms with Crippen LogP contribution < -0.4 is 19.7 Å². The number of aromatic amines is 1. The molecule has 1 amide bonds. The van der Waals surface area contributed by atoms with Gasteiger partial charge in [0.15, 0.2) is 0 Å². The highest BCUT2D eigenvalue weighted by atomic mass is 32.2. The maximum atomic E-state index is 14.0. The fourth-order valence-electron chi connectivity index (χ4n) is 10.8. The Morgan fingerprint density at radius 3 is 2.52 bits per heavy atom. The number of aromatic nitrogens is 2. The van der Waals surface area contributed by atoms with Crippen LogP contribution in [0.3, 0.4) is 0 Å². The summed E-state index contributed by atoms with van der Waals surface area (Å²) in [6.45, 7) is 9.66. The summed E-state index contributed by atoms with van der Waals surface area (Å²) in [5.74, 6) is 0.285. The number of fused-ring (bicyclic) bond motifs is 1. The van der Waals surface area contributed by atoms with E-state index in [4.69, 9.17) is 4.74 Å². The van der Waals surface area contributed by atoms with Crippen LogP contribution in [0.1, 0.15) is 118 Å². The van der Waals surface area contributed by atoms with Crippen LogP contribution in [0, 0.1) is 21.4 Å². The van der Waals surface area contributed by atoms with Gasteiger partial charge >= 0.3 is 0 Å². The molecule has 4 heterocycles. The first-order valence-corrected chi connectivity index (χ1v) is 24.3. The van der Waals surface area contributed by atoms with E-state index in [2.05, 4.69) is 67.9 Å². The minimum Gasteiger partial charge on any atom is -0.455 e. The summed E-state index contributed by atoms with van der Waals surface area (Å²) in [5.41, 5.74) is 3.82. The first-order valence-electron chi connectivity index (χ1n) is 22.8. The minimum atomic E-state index is -4.56. The molecule has 0 bridgehead atoms. The van der Waals surface area contributed by atoms with E-state index in [1.165, 1.54) is 48.9 Å². The van der Waals surface area contributed by atoms with E-state index in [1.807, 2.05) is 19.1 Å². The molecule has 2 aromatic heterocycles. The number of ether oxygens (including phenoxy) is 1. The van der Waals surface area contributed by atoms with E-state index in [9.17, 15) is 28.4 Å². The summed E-state index contributed by atoms with van der Waals surface area (Å²) >= 11 is 0. The van der Waals surface area contributed by atoms with Gasteiger partial charge in [0, 0.05) is 61.1 Å². The number of pyridine rings is 1. The van der Waals surface area contributed by atoms with Gasteiger partial charge in [-0.05, 0) is 142 Å². The molecule has 5 aromatic rings. The Hall–Kier alpha value is -5.51. The molecule has 1 atom stereocenters. The van der Waals surface area contributed by atoms with E-state index in [-0.39, 0.29) is 22.9 Å². The second-order valence-corrected chi connectivity index (χ2v) is 21.0. The number of carbonyl (C=O) groups excluding carboxylic acids is 1. The molecule has 15 heteroatoms.